The highest BCUT2D eigenvalue weighted by Gasteiger charge is 2.26. The lowest BCUT2D eigenvalue weighted by Gasteiger charge is -2.31. The van der Waals surface area contributed by atoms with Crippen LogP contribution in [0.2, 0.25) is 0 Å². The molecule has 1 amide bonds. The summed E-state index contributed by atoms with van der Waals surface area (Å²) in [7, 11) is 0. The van der Waals surface area contributed by atoms with Crippen molar-refractivity contribution < 1.29 is 13.9 Å². The fourth-order valence-corrected chi connectivity index (χ4v) is 2.29. The number of nitrogens with two attached hydrogens (primary N) is 1. The number of fused-ring (bicyclic) bond motifs is 1. The number of carbonyl (C=O) groups is 1. The Labute approximate surface area is 123 Å². The van der Waals surface area contributed by atoms with Gasteiger partial charge in [-0.15, -0.1) is 12.4 Å². The van der Waals surface area contributed by atoms with Crippen LogP contribution in [0.4, 0.5) is 0 Å². The van der Waals surface area contributed by atoms with Crippen LogP contribution in [0.3, 0.4) is 0 Å². The lowest BCUT2D eigenvalue weighted by molar-refractivity contribution is -0.0176. The fourth-order valence-electron chi connectivity index (χ4n) is 2.29. The van der Waals surface area contributed by atoms with Gasteiger partial charge in [0.2, 0.25) is 0 Å². The van der Waals surface area contributed by atoms with Crippen LogP contribution in [0.15, 0.2) is 34.7 Å². The SMILES string of the molecule is Cl.NCC1CN(C(=O)c2cc3ccccc3o2)CCO1. The third kappa shape index (κ3) is 2.80. The minimum Gasteiger partial charge on any atom is -0.451 e. The molecule has 2 aromatic rings. The number of carbonyl (C=O) groups excluding carboxylic acids is 1. The van der Waals surface area contributed by atoms with E-state index < -0.39 is 0 Å². The highest BCUT2D eigenvalue weighted by molar-refractivity contribution is 5.96. The van der Waals surface area contributed by atoms with Gasteiger partial charge in [0.25, 0.3) is 5.91 Å². The molecular formula is C14H17ClN2O3. The second-order valence-electron chi connectivity index (χ2n) is 4.63. The average Bonchev–Trinajstić information content (AvgIpc) is 2.90. The average molecular weight is 297 g/mol. The Morgan fingerprint density at radius 2 is 2.20 bits per heavy atom. The van der Waals surface area contributed by atoms with Gasteiger partial charge in [-0.3, -0.25) is 4.79 Å². The molecule has 0 spiro atoms. The van der Waals surface area contributed by atoms with Crippen LogP contribution in [0.25, 0.3) is 11.0 Å². The minimum atomic E-state index is -0.0991. The van der Waals surface area contributed by atoms with Crippen molar-refractivity contribution in [2.75, 3.05) is 26.2 Å². The van der Waals surface area contributed by atoms with Crippen LogP contribution < -0.4 is 5.73 Å². The second-order valence-corrected chi connectivity index (χ2v) is 4.63. The lowest BCUT2D eigenvalue weighted by Crippen LogP contribution is -2.48. The Kier molecular flexibility index (Phi) is 4.65. The van der Waals surface area contributed by atoms with E-state index in [2.05, 4.69) is 0 Å². The zero-order valence-corrected chi connectivity index (χ0v) is 11.8. The van der Waals surface area contributed by atoms with E-state index in [1.807, 2.05) is 24.3 Å². The van der Waals surface area contributed by atoms with Crippen molar-refractivity contribution >= 4 is 29.3 Å². The van der Waals surface area contributed by atoms with E-state index in [0.717, 1.165) is 11.0 Å². The molecule has 1 unspecified atom stereocenters. The van der Waals surface area contributed by atoms with Gasteiger partial charge in [0.05, 0.1) is 12.7 Å². The Morgan fingerprint density at radius 3 is 2.95 bits per heavy atom. The van der Waals surface area contributed by atoms with Gasteiger partial charge < -0.3 is 19.8 Å². The summed E-state index contributed by atoms with van der Waals surface area (Å²) in [5, 5.41) is 0.939. The van der Waals surface area contributed by atoms with Crippen molar-refractivity contribution in [1.29, 1.82) is 0 Å². The van der Waals surface area contributed by atoms with E-state index in [4.69, 9.17) is 14.9 Å². The first-order valence-corrected chi connectivity index (χ1v) is 6.37. The van der Waals surface area contributed by atoms with Crippen molar-refractivity contribution in [3.8, 4) is 0 Å². The smallest absolute Gasteiger partial charge is 0.289 e. The number of rotatable bonds is 2. The maximum absolute atomic E-state index is 12.4. The molecule has 0 saturated carbocycles. The molecule has 20 heavy (non-hydrogen) atoms. The van der Waals surface area contributed by atoms with Crippen LogP contribution in [-0.2, 0) is 4.74 Å². The summed E-state index contributed by atoms with van der Waals surface area (Å²) in [4.78, 5) is 14.1. The van der Waals surface area contributed by atoms with Gasteiger partial charge in [-0.1, -0.05) is 18.2 Å². The zero-order chi connectivity index (χ0) is 13.2. The number of furan rings is 1. The van der Waals surface area contributed by atoms with Crippen LogP contribution >= 0.6 is 12.4 Å². The molecule has 1 aliphatic heterocycles. The molecule has 1 aromatic heterocycles. The Morgan fingerprint density at radius 1 is 1.40 bits per heavy atom. The van der Waals surface area contributed by atoms with Crippen molar-refractivity contribution in [2.24, 2.45) is 5.73 Å². The molecule has 1 aromatic carbocycles. The molecular weight excluding hydrogens is 280 g/mol. The van der Waals surface area contributed by atoms with Crippen molar-refractivity contribution in [3.05, 3.63) is 36.1 Å². The topological polar surface area (TPSA) is 68.7 Å². The number of hydrogen-bond donors (Lipinski definition) is 1. The highest BCUT2D eigenvalue weighted by Crippen LogP contribution is 2.20. The summed E-state index contributed by atoms with van der Waals surface area (Å²) < 4.78 is 11.0. The summed E-state index contributed by atoms with van der Waals surface area (Å²) in [6, 6.07) is 9.38. The van der Waals surface area contributed by atoms with Gasteiger partial charge in [0, 0.05) is 25.0 Å². The van der Waals surface area contributed by atoms with Gasteiger partial charge in [-0.05, 0) is 12.1 Å². The Balaban J connectivity index is 0.00000147. The third-order valence-corrected chi connectivity index (χ3v) is 3.33. The second kappa shape index (κ2) is 6.26. The largest absolute Gasteiger partial charge is 0.451 e. The Bertz CT molecular complexity index is 566. The molecule has 108 valence electrons. The normalized spacial score (nSPS) is 18.9. The van der Waals surface area contributed by atoms with E-state index in [9.17, 15) is 4.79 Å². The van der Waals surface area contributed by atoms with Crippen molar-refractivity contribution in [3.63, 3.8) is 0 Å². The van der Waals surface area contributed by atoms with E-state index in [1.165, 1.54) is 0 Å². The first-order chi connectivity index (χ1) is 9.28. The van der Waals surface area contributed by atoms with Gasteiger partial charge >= 0.3 is 0 Å². The van der Waals surface area contributed by atoms with Crippen LogP contribution in [0.1, 0.15) is 10.6 Å². The molecule has 1 fully saturated rings. The number of morpholine rings is 1. The van der Waals surface area contributed by atoms with Crippen molar-refractivity contribution in [1.82, 2.24) is 4.90 Å². The number of amides is 1. The summed E-state index contributed by atoms with van der Waals surface area (Å²) in [5.74, 6) is 0.275. The molecule has 3 rings (SSSR count). The van der Waals surface area contributed by atoms with Crippen molar-refractivity contribution in [2.45, 2.75) is 6.10 Å². The quantitative estimate of drug-likeness (QED) is 0.915. The number of hydrogen-bond acceptors (Lipinski definition) is 4. The van der Waals surface area contributed by atoms with E-state index in [1.54, 1.807) is 11.0 Å². The van der Waals surface area contributed by atoms with Gasteiger partial charge in [-0.2, -0.15) is 0 Å². The minimum absolute atomic E-state index is 0. The van der Waals surface area contributed by atoms with Gasteiger partial charge in [0.1, 0.15) is 5.58 Å². The predicted molar refractivity (Wildman–Crippen MR) is 78.2 cm³/mol. The monoisotopic (exact) mass is 296 g/mol. The molecule has 0 aliphatic carbocycles. The number of halogens is 1. The van der Waals surface area contributed by atoms with E-state index in [0.29, 0.717) is 32.0 Å². The standard InChI is InChI=1S/C14H16N2O3.ClH/c15-8-11-9-16(5-6-18-11)14(17)13-7-10-3-1-2-4-12(10)19-13;/h1-4,7,11H,5-6,8-9,15H2;1H. The maximum atomic E-state index is 12.4. The van der Waals surface area contributed by atoms with E-state index >= 15 is 0 Å². The molecule has 5 nitrogen and oxygen atoms in total. The van der Waals surface area contributed by atoms with Crippen LogP contribution in [0, 0.1) is 0 Å². The molecule has 2 N–H and O–H groups in total. The molecule has 6 heteroatoms. The first-order valence-electron chi connectivity index (χ1n) is 6.37. The molecule has 1 saturated heterocycles. The number of benzene rings is 1. The summed E-state index contributed by atoms with van der Waals surface area (Å²) >= 11 is 0. The van der Waals surface area contributed by atoms with Gasteiger partial charge in [-0.25, -0.2) is 0 Å². The van der Waals surface area contributed by atoms with Gasteiger partial charge in [0.15, 0.2) is 5.76 Å². The zero-order valence-electron chi connectivity index (χ0n) is 11.0. The highest BCUT2D eigenvalue weighted by atomic mass is 35.5. The lowest BCUT2D eigenvalue weighted by atomic mass is 10.2. The summed E-state index contributed by atoms with van der Waals surface area (Å²) in [6.07, 6.45) is -0.0814. The third-order valence-electron chi connectivity index (χ3n) is 3.33. The summed E-state index contributed by atoms with van der Waals surface area (Å²) in [6.45, 7) is 2.04. The molecule has 1 atom stereocenters. The molecule has 0 radical (unpaired) electrons. The maximum Gasteiger partial charge on any atom is 0.289 e. The molecule has 1 aliphatic rings. The molecule has 2 heterocycles. The fraction of sp³-hybridized carbons (Fsp3) is 0.357. The van der Waals surface area contributed by atoms with Crippen LogP contribution in [0.5, 0.6) is 0 Å². The number of ether oxygens (including phenoxy) is 1. The molecule has 0 bridgehead atoms. The predicted octanol–water partition coefficient (Wildman–Crippen LogP) is 1.65. The number of para-hydroxylation sites is 1. The number of nitrogens with zero attached hydrogens (tertiary/aromatic N) is 1. The van der Waals surface area contributed by atoms with Crippen LogP contribution in [-0.4, -0.2) is 43.2 Å². The Hall–Kier alpha value is -1.56. The van der Waals surface area contributed by atoms with E-state index in [-0.39, 0.29) is 24.4 Å². The summed E-state index contributed by atoms with van der Waals surface area (Å²) in [5.41, 5.74) is 6.31. The first kappa shape index (κ1) is 14.8.